The average molecular weight is 304 g/mol. The van der Waals surface area contributed by atoms with Gasteiger partial charge < -0.3 is 5.32 Å². The second-order valence-electron chi connectivity index (χ2n) is 6.60. The Bertz CT molecular complexity index is 439. The molecule has 3 rings (SSSR count). The van der Waals surface area contributed by atoms with Crippen LogP contribution in [-0.2, 0) is 6.42 Å². The van der Waals surface area contributed by atoms with Crippen LogP contribution in [0.3, 0.4) is 0 Å². The lowest BCUT2D eigenvalue weighted by Crippen LogP contribution is -2.31. The number of rotatable bonds is 5. The van der Waals surface area contributed by atoms with Crippen molar-refractivity contribution in [2.24, 2.45) is 0 Å². The zero-order valence-electron chi connectivity index (χ0n) is 13.3. The summed E-state index contributed by atoms with van der Waals surface area (Å²) in [6.45, 7) is 3.41. The molecule has 0 aliphatic heterocycles. The van der Waals surface area contributed by atoms with E-state index in [1.807, 2.05) is 0 Å². The quantitative estimate of drug-likeness (QED) is 0.759. The second-order valence-corrected chi connectivity index (χ2v) is 8.15. The van der Waals surface area contributed by atoms with E-state index in [9.17, 15) is 0 Å². The standard InChI is InChI=1S/C19H29NS/c1-2-14-20-19-17-12-6-3-8-15(17)9-7-13-18(19)21-16-10-4-5-11-16/h3,6,8,12,16,18-20H,2,4-5,7,9-11,13-14H2,1H3. The van der Waals surface area contributed by atoms with Gasteiger partial charge in [0.1, 0.15) is 0 Å². The molecule has 0 bridgehead atoms. The van der Waals surface area contributed by atoms with Gasteiger partial charge in [-0.1, -0.05) is 44.0 Å². The summed E-state index contributed by atoms with van der Waals surface area (Å²) < 4.78 is 0. The summed E-state index contributed by atoms with van der Waals surface area (Å²) in [5, 5.41) is 5.56. The van der Waals surface area contributed by atoms with E-state index >= 15 is 0 Å². The van der Waals surface area contributed by atoms with E-state index in [2.05, 4.69) is 48.3 Å². The molecule has 1 aromatic rings. The van der Waals surface area contributed by atoms with Gasteiger partial charge in [-0.2, -0.15) is 11.8 Å². The molecule has 0 spiro atoms. The molecule has 0 radical (unpaired) electrons. The number of nitrogens with one attached hydrogen (secondary N) is 1. The molecule has 0 saturated heterocycles. The number of hydrogen-bond acceptors (Lipinski definition) is 2. The van der Waals surface area contributed by atoms with Crippen molar-refractivity contribution in [2.75, 3.05) is 6.54 Å². The van der Waals surface area contributed by atoms with Gasteiger partial charge in [0.05, 0.1) is 0 Å². The second kappa shape index (κ2) is 7.69. The highest BCUT2D eigenvalue weighted by atomic mass is 32.2. The largest absolute Gasteiger partial charge is 0.309 e. The molecule has 2 heteroatoms. The van der Waals surface area contributed by atoms with E-state index < -0.39 is 0 Å². The third-order valence-corrected chi connectivity index (χ3v) is 6.69. The molecule has 1 fully saturated rings. The first-order valence-electron chi connectivity index (χ1n) is 8.85. The van der Waals surface area contributed by atoms with Crippen molar-refractivity contribution in [3.05, 3.63) is 35.4 Å². The minimum absolute atomic E-state index is 0.564. The van der Waals surface area contributed by atoms with Gasteiger partial charge in [-0.05, 0) is 56.2 Å². The topological polar surface area (TPSA) is 12.0 Å². The normalized spacial score (nSPS) is 26.5. The third-order valence-electron chi connectivity index (χ3n) is 4.98. The summed E-state index contributed by atoms with van der Waals surface area (Å²) in [4.78, 5) is 0. The van der Waals surface area contributed by atoms with Crippen LogP contribution >= 0.6 is 11.8 Å². The van der Waals surface area contributed by atoms with E-state index in [4.69, 9.17) is 0 Å². The van der Waals surface area contributed by atoms with Gasteiger partial charge in [-0.3, -0.25) is 0 Å². The number of thioether (sulfide) groups is 1. The molecule has 0 aromatic heterocycles. The Morgan fingerprint density at radius 1 is 1.10 bits per heavy atom. The van der Waals surface area contributed by atoms with Crippen LogP contribution in [0.25, 0.3) is 0 Å². The molecule has 1 nitrogen and oxygen atoms in total. The lowest BCUT2D eigenvalue weighted by molar-refractivity contribution is 0.500. The van der Waals surface area contributed by atoms with Crippen molar-refractivity contribution in [3.8, 4) is 0 Å². The van der Waals surface area contributed by atoms with E-state index in [-0.39, 0.29) is 0 Å². The summed E-state index contributed by atoms with van der Waals surface area (Å²) in [5.41, 5.74) is 3.17. The Labute approximate surface area is 134 Å². The minimum atomic E-state index is 0.564. The number of fused-ring (bicyclic) bond motifs is 1. The molecular formula is C19H29NS. The Hall–Kier alpha value is -0.470. The van der Waals surface area contributed by atoms with Crippen molar-refractivity contribution in [1.82, 2.24) is 5.32 Å². The average Bonchev–Trinajstić information content (AvgIpc) is 2.95. The van der Waals surface area contributed by atoms with Gasteiger partial charge in [-0.25, -0.2) is 0 Å². The third kappa shape index (κ3) is 3.84. The summed E-state index contributed by atoms with van der Waals surface area (Å²) in [6.07, 6.45) is 11.0. The molecule has 2 unspecified atom stereocenters. The molecule has 1 N–H and O–H groups in total. The fourth-order valence-corrected chi connectivity index (χ4v) is 5.69. The Morgan fingerprint density at radius 3 is 2.71 bits per heavy atom. The van der Waals surface area contributed by atoms with Crippen molar-refractivity contribution in [1.29, 1.82) is 0 Å². The van der Waals surface area contributed by atoms with Crippen molar-refractivity contribution in [3.63, 3.8) is 0 Å². The molecule has 21 heavy (non-hydrogen) atoms. The summed E-state index contributed by atoms with van der Waals surface area (Å²) >= 11 is 2.30. The molecule has 1 aromatic carbocycles. The monoisotopic (exact) mass is 303 g/mol. The highest BCUT2D eigenvalue weighted by Crippen LogP contribution is 2.41. The highest BCUT2D eigenvalue weighted by Gasteiger charge is 2.30. The number of benzene rings is 1. The predicted octanol–water partition coefficient (Wildman–Crippen LogP) is 5.11. The minimum Gasteiger partial charge on any atom is -0.309 e. The smallest absolute Gasteiger partial charge is 0.0443 e. The van der Waals surface area contributed by atoms with E-state index in [1.54, 1.807) is 11.1 Å². The van der Waals surface area contributed by atoms with E-state index in [0.717, 1.165) is 17.0 Å². The fraction of sp³-hybridized carbons (Fsp3) is 0.684. The lowest BCUT2D eigenvalue weighted by Gasteiger charge is -2.29. The molecule has 116 valence electrons. The lowest BCUT2D eigenvalue weighted by atomic mass is 9.99. The van der Waals surface area contributed by atoms with Crippen LogP contribution in [0, 0.1) is 0 Å². The SMILES string of the molecule is CCCNC1c2ccccc2CCCC1SC1CCCC1. The summed E-state index contributed by atoms with van der Waals surface area (Å²) in [7, 11) is 0. The maximum atomic E-state index is 3.87. The molecule has 2 atom stereocenters. The summed E-state index contributed by atoms with van der Waals surface area (Å²) in [5.74, 6) is 0. The van der Waals surface area contributed by atoms with Crippen molar-refractivity contribution < 1.29 is 0 Å². The molecule has 2 aliphatic rings. The van der Waals surface area contributed by atoms with Crippen LogP contribution in [-0.4, -0.2) is 17.0 Å². The van der Waals surface area contributed by atoms with Crippen LogP contribution in [0.4, 0.5) is 0 Å². The Balaban J connectivity index is 1.79. The molecule has 0 amide bonds. The molecule has 1 saturated carbocycles. The van der Waals surface area contributed by atoms with Gasteiger partial charge >= 0.3 is 0 Å². The van der Waals surface area contributed by atoms with Gasteiger partial charge in [0, 0.05) is 16.5 Å². The number of aryl methyl sites for hydroxylation is 1. The van der Waals surface area contributed by atoms with Gasteiger partial charge in [-0.15, -0.1) is 0 Å². The van der Waals surface area contributed by atoms with Gasteiger partial charge in [0.15, 0.2) is 0 Å². The van der Waals surface area contributed by atoms with Gasteiger partial charge in [0.25, 0.3) is 0 Å². The van der Waals surface area contributed by atoms with Crippen LogP contribution in [0.1, 0.15) is 69.0 Å². The highest BCUT2D eigenvalue weighted by molar-refractivity contribution is 8.00. The maximum absolute atomic E-state index is 3.87. The maximum Gasteiger partial charge on any atom is 0.0443 e. The zero-order valence-corrected chi connectivity index (χ0v) is 14.1. The molecule has 2 aliphatic carbocycles. The van der Waals surface area contributed by atoms with Crippen LogP contribution in [0.15, 0.2) is 24.3 Å². The molecular weight excluding hydrogens is 274 g/mol. The first kappa shape index (κ1) is 15.4. The van der Waals surface area contributed by atoms with Gasteiger partial charge in [0.2, 0.25) is 0 Å². The van der Waals surface area contributed by atoms with Crippen LogP contribution in [0.5, 0.6) is 0 Å². The first-order chi connectivity index (χ1) is 10.4. The molecule has 0 heterocycles. The predicted molar refractivity (Wildman–Crippen MR) is 94.0 cm³/mol. The van der Waals surface area contributed by atoms with Crippen LogP contribution in [0.2, 0.25) is 0 Å². The zero-order chi connectivity index (χ0) is 14.5. The Morgan fingerprint density at radius 2 is 1.90 bits per heavy atom. The van der Waals surface area contributed by atoms with E-state index in [1.165, 1.54) is 51.4 Å². The number of hydrogen-bond donors (Lipinski definition) is 1. The Kier molecular flexibility index (Phi) is 5.65. The first-order valence-corrected chi connectivity index (χ1v) is 9.79. The van der Waals surface area contributed by atoms with Crippen molar-refractivity contribution >= 4 is 11.8 Å². The van der Waals surface area contributed by atoms with E-state index in [0.29, 0.717) is 6.04 Å². The van der Waals surface area contributed by atoms with Crippen LogP contribution < -0.4 is 5.32 Å². The van der Waals surface area contributed by atoms with Crippen molar-refractivity contribution in [2.45, 2.75) is 74.8 Å². The summed E-state index contributed by atoms with van der Waals surface area (Å²) in [6, 6.07) is 9.71. The fourth-order valence-electron chi connectivity index (χ4n) is 3.89.